The lowest BCUT2D eigenvalue weighted by Crippen LogP contribution is -2.12. The second-order valence-corrected chi connectivity index (χ2v) is 4.22. The van der Waals surface area contributed by atoms with E-state index in [1.165, 1.54) is 5.56 Å². The Morgan fingerprint density at radius 3 is 2.38 bits per heavy atom. The van der Waals surface area contributed by atoms with E-state index in [4.69, 9.17) is 5.41 Å². The van der Waals surface area contributed by atoms with Gasteiger partial charge < -0.3 is 0 Å². The molecular weight excluding hydrogens is 194 g/mol. The highest BCUT2D eigenvalue weighted by Crippen LogP contribution is 2.24. The monoisotopic (exact) mass is 211 g/mol. The molecule has 0 heterocycles. The van der Waals surface area contributed by atoms with Crippen molar-refractivity contribution in [2.75, 3.05) is 0 Å². The molecule has 1 rings (SSSR count). The van der Waals surface area contributed by atoms with Crippen molar-refractivity contribution >= 4 is 11.9 Å². The summed E-state index contributed by atoms with van der Waals surface area (Å²) in [4.78, 5) is 0. The first-order valence-corrected chi connectivity index (χ1v) is 5.26. The molecule has 16 heavy (non-hydrogen) atoms. The van der Waals surface area contributed by atoms with Crippen LogP contribution >= 0.6 is 0 Å². The van der Waals surface area contributed by atoms with Gasteiger partial charge in [0, 0.05) is 5.41 Å². The van der Waals surface area contributed by atoms with Crippen molar-refractivity contribution in [2.45, 2.75) is 19.3 Å². The highest BCUT2D eigenvalue weighted by molar-refractivity contribution is 5.58. The molecule has 0 saturated heterocycles. The maximum Gasteiger partial charge on any atom is 0.00726 e. The van der Waals surface area contributed by atoms with Crippen LogP contribution in [0.5, 0.6) is 0 Å². The fourth-order valence-corrected chi connectivity index (χ4v) is 1.35. The van der Waals surface area contributed by atoms with Crippen LogP contribution in [0.4, 0.5) is 0 Å². The van der Waals surface area contributed by atoms with Crippen molar-refractivity contribution in [3.8, 4) is 0 Å². The molecule has 0 atom stereocenters. The summed E-state index contributed by atoms with van der Waals surface area (Å²) < 4.78 is 0. The fourth-order valence-electron chi connectivity index (χ4n) is 1.35. The molecule has 0 spiro atoms. The molecule has 82 valence electrons. The van der Waals surface area contributed by atoms with Crippen molar-refractivity contribution < 1.29 is 0 Å². The van der Waals surface area contributed by atoms with E-state index < -0.39 is 0 Å². The van der Waals surface area contributed by atoms with Crippen molar-refractivity contribution in [1.82, 2.24) is 0 Å². The standard InChI is InChI=1S/C15H17N/c1-4-15(2,3)14-10-8-13(9-11-14)7-5-6-12-16/h4-11,16H,1H2,2-3H3/b7-5+. The van der Waals surface area contributed by atoms with Crippen molar-refractivity contribution in [3.05, 3.63) is 60.2 Å². The Labute approximate surface area is 97.3 Å². The SMILES string of the molecule is C=CC(C)(C)c1ccc(/C=C/C=C=N)cc1. The zero-order valence-corrected chi connectivity index (χ0v) is 9.83. The van der Waals surface area contributed by atoms with Crippen LogP contribution in [-0.2, 0) is 5.41 Å². The summed E-state index contributed by atoms with van der Waals surface area (Å²) in [6.45, 7) is 8.13. The van der Waals surface area contributed by atoms with E-state index in [1.54, 1.807) is 12.2 Å². The lowest BCUT2D eigenvalue weighted by atomic mass is 9.84. The van der Waals surface area contributed by atoms with Gasteiger partial charge in [-0.2, -0.15) is 0 Å². The highest BCUT2D eigenvalue weighted by Gasteiger charge is 2.14. The second-order valence-electron chi connectivity index (χ2n) is 4.22. The van der Waals surface area contributed by atoms with Crippen LogP contribution in [-0.4, -0.2) is 5.87 Å². The molecular formula is C15H17N. The third-order valence-electron chi connectivity index (χ3n) is 2.63. The van der Waals surface area contributed by atoms with Gasteiger partial charge in [0.1, 0.15) is 0 Å². The minimum absolute atomic E-state index is 0.0110. The summed E-state index contributed by atoms with van der Waals surface area (Å²) in [5, 5.41) is 6.74. The third-order valence-corrected chi connectivity index (χ3v) is 2.63. The molecule has 0 fully saturated rings. The quantitative estimate of drug-likeness (QED) is 0.442. The molecule has 0 aliphatic carbocycles. The van der Waals surface area contributed by atoms with Crippen LogP contribution in [0, 0.1) is 5.41 Å². The average Bonchev–Trinajstić information content (AvgIpc) is 2.30. The van der Waals surface area contributed by atoms with Crippen LogP contribution in [0.25, 0.3) is 6.08 Å². The summed E-state index contributed by atoms with van der Waals surface area (Å²) in [7, 11) is 0. The zero-order chi connectivity index (χ0) is 12.0. The van der Waals surface area contributed by atoms with Crippen molar-refractivity contribution in [1.29, 1.82) is 5.41 Å². The Morgan fingerprint density at radius 1 is 1.25 bits per heavy atom. The van der Waals surface area contributed by atoms with Gasteiger partial charge in [0.2, 0.25) is 0 Å². The maximum absolute atomic E-state index is 6.74. The number of hydrogen-bond acceptors (Lipinski definition) is 1. The first-order valence-electron chi connectivity index (χ1n) is 5.26. The molecule has 0 saturated carbocycles. The predicted octanol–water partition coefficient (Wildman–Crippen LogP) is 3.97. The lowest BCUT2D eigenvalue weighted by molar-refractivity contribution is 0.672. The van der Waals surface area contributed by atoms with Crippen LogP contribution in [0.15, 0.2) is 49.1 Å². The molecule has 1 heteroatoms. The summed E-state index contributed by atoms with van der Waals surface area (Å²) in [5.74, 6) is 2.21. The summed E-state index contributed by atoms with van der Waals surface area (Å²) in [6.07, 6.45) is 7.28. The lowest BCUT2D eigenvalue weighted by Gasteiger charge is -2.20. The van der Waals surface area contributed by atoms with Gasteiger partial charge in [0.05, 0.1) is 0 Å². The molecule has 1 N–H and O–H groups in total. The smallest absolute Gasteiger partial charge is 0.00726 e. The molecule has 0 bridgehead atoms. The molecule has 1 nitrogen and oxygen atoms in total. The van der Waals surface area contributed by atoms with E-state index in [1.807, 2.05) is 12.2 Å². The Bertz CT molecular complexity index is 429. The third kappa shape index (κ3) is 3.08. The van der Waals surface area contributed by atoms with Crippen LogP contribution in [0.2, 0.25) is 0 Å². The topological polar surface area (TPSA) is 23.9 Å². The van der Waals surface area contributed by atoms with Crippen LogP contribution in [0.1, 0.15) is 25.0 Å². The average molecular weight is 211 g/mol. The first kappa shape index (κ1) is 12.2. The Hall–Kier alpha value is -1.85. The second kappa shape index (κ2) is 5.29. The van der Waals surface area contributed by atoms with Gasteiger partial charge >= 0.3 is 0 Å². The predicted molar refractivity (Wildman–Crippen MR) is 71.0 cm³/mol. The van der Waals surface area contributed by atoms with Gasteiger partial charge in [-0.15, -0.1) is 6.58 Å². The molecule has 0 aliphatic heterocycles. The normalized spacial score (nSPS) is 11.1. The van der Waals surface area contributed by atoms with E-state index >= 15 is 0 Å². The number of benzene rings is 1. The van der Waals surface area contributed by atoms with Crippen LogP contribution < -0.4 is 0 Å². The Kier molecular flexibility index (Phi) is 4.04. The zero-order valence-electron chi connectivity index (χ0n) is 9.83. The Balaban J connectivity index is 2.91. The fraction of sp³-hybridized carbons (Fsp3) is 0.200. The summed E-state index contributed by atoms with van der Waals surface area (Å²) >= 11 is 0. The minimum atomic E-state index is 0.0110. The van der Waals surface area contributed by atoms with Gasteiger partial charge in [-0.1, -0.05) is 56.3 Å². The number of rotatable bonds is 4. The van der Waals surface area contributed by atoms with Gasteiger partial charge in [-0.25, -0.2) is 0 Å². The molecule has 1 aromatic carbocycles. The van der Waals surface area contributed by atoms with Gasteiger partial charge in [0.15, 0.2) is 0 Å². The van der Waals surface area contributed by atoms with Gasteiger partial charge in [-0.05, 0) is 23.1 Å². The molecule has 0 aliphatic rings. The van der Waals surface area contributed by atoms with E-state index in [2.05, 4.69) is 50.6 Å². The van der Waals surface area contributed by atoms with E-state index in [0.29, 0.717) is 0 Å². The number of allylic oxidation sites excluding steroid dienone is 3. The Morgan fingerprint density at radius 2 is 1.88 bits per heavy atom. The maximum atomic E-state index is 6.74. The highest BCUT2D eigenvalue weighted by atomic mass is 14.3. The molecule has 0 unspecified atom stereocenters. The first-order chi connectivity index (χ1) is 7.60. The van der Waals surface area contributed by atoms with Gasteiger partial charge in [0.25, 0.3) is 0 Å². The summed E-state index contributed by atoms with van der Waals surface area (Å²) in [5.41, 5.74) is 2.38. The molecule has 0 amide bonds. The number of hydrogen-bond donors (Lipinski definition) is 1. The minimum Gasteiger partial charge on any atom is -0.259 e. The van der Waals surface area contributed by atoms with E-state index in [9.17, 15) is 0 Å². The van der Waals surface area contributed by atoms with Crippen molar-refractivity contribution in [2.24, 2.45) is 0 Å². The molecule has 0 radical (unpaired) electrons. The van der Waals surface area contributed by atoms with E-state index in [0.717, 1.165) is 5.56 Å². The van der Waals surface area contributed by atoms with Crippen molar-refractivity contribution in [3.63, 3.8) is 0 Å². The number of nitrogens with one attached hydrogen (secondary N) is 1. The summed E-state index contributed by atoms with van der Waals surface area (Å²) in [6, 6.07) is 8.34. The molecule has 0 aromatic heterocycles. The van der Waals surface area contributed by atoms with Gasteiger partial charge in [-0.3, -0.25) is 5.41 Å². The largest absolute Gasteiger partial charge is 0.259 e. The van der Waals surface area contributed by atoms with Crippen LogP contribution in [0.3, 0.4) is 0 Å². The molecule has 1 aromatic rings. The van der Waals surface area contributed by atoms with E-state index in [-0.39, 0.29) is 5.41 Å².